The second-order valence-corrected chi connectivity index (χ2v) is 4.61. The van der Waals surface area contributed by atoms with Gasteiger partial charge in [0.25, 0.3) is 0 Å². The molecule has 19 heavy (non-hydrogen) atoms. The lowest BCUT2D eigenvalue weighted by molar-refractivity contribution is -0.135. The maximum atomic E-state index is 11.9. The molecule has 1 aliphatic rings. The summed E-state index contributed by atoms with van der Waals surface area (Å²) in [6.07, 6.45) is 1.14. The molecule has 5 nitrogen and oxygen atoms in total. The minimum Gasteiger partial charge on any atom is -0.423 e. The number of carbonyl (C=O) groups is 1. The summed E-state index contributed by atoms with van der Waals surface area (Å²) in [5.41, 5.74) is 1.48. The first-order valence-corrected chi connectivity index (χ1v) is 6.47. The fourth-order valence-corrected chi connectivity index (χ4v) is 2.08. The summed E-state index contributed by atoms with van der Waals surface area (Å²) in [5, 5.41) is 18.0. The molecule has 1 heterocycles. The number of aryl methyl sites for hydroxylation is 1. The highest BCUT2D eigenvalue weighted by molar-refractivity contribution is 6.58. The molecular weight excluding hydrogens is 245 g/mol. The zero-order valence-corrected chi connectivity index (χ0v) is 10.8. The molecular formula is C13H18BNO4. The van der Waals surface area contributed by atoms with Crippen LogP contribution in [0.1, 0.15) is 12.0 Å². The van der Waals surface area contributed by atoms with E-state index < -0.39 is 7.12 Å². The van der Waals surface area contributed by atoms with E-state index in [2.05, 4.69) is 0 Å². The molecule has 6 heteroatoms. The first-order valence-electron chi connectivity index (χ1n) is 6.47. The summed E-state index contributed by atoms with van der Waals surface area (Å²) < 4.78 is 5.21. The van der Waals surface area contributed by atoms with Crippen molar-refractivity contribution in [3.63, 3.8) is 0 Å². The lowest BCUT2D eigenvalue weighted by Gasteiger charge is -2.26. The molecule has 2 N–H and O–H groups in total. The molecule has 0 atom stereocenters. The lowest BCUT2D eigenvalue weighted by Crippen LogP contribution is -2.40. The quantitative estimate of drug-likeness (QED) is 0.695. The number of ether oxygens (including phenoxy) is 1. The third-order valence-corrected chi connectivity index (χ3v) is 3.27. The van der Waals surface area contributed by atoms with Crippen LogP contribution in [0.25, 0.3) is 0 Å². The van der Waals surface area contributed by atoms with Gasteiger partial charge < -0.3 is 19.7 Å². The molecule has 0 radical (unpaired) electrons. The van der Waals surface area contributed by atoms with E-state index in [1.807, 2.05) is 17.0 Å². The Morgan fingerprint density at radius 2 is 1.84 bits per heavy atom. The van der Waals surface area contributed by atoms with E-state index in [9.17, 15) is 4.79 Å². The van der Waals surface area contributed by atoms with Crippen molar-refractivity contribution >= 4 is 18.5 Å². The Labute approximate surface area is 112 Å². The summed E-state index contributed by atoms with van der Waals surface area (Å²) in [6, 6.07) is 6.97. The fraction of sp³-hybridized carbons (Fsp3) is 0.462. The highest BCUT2D eigenvalue weighted by Gasteiger charge is 2.16. The van der Waals surface area contributed by atoms with E-state index in [0.29, 0.717) is 44.6 Å². The van der Waals surface area contributed by atoms with Crippen LogP contribution < -0.4 is 5.46 Å². The van der Waals surface area contributed by atoms with Crippen LogP contribution in [0, 0.1) is 0 Å². The minimum absolute atomic E-state index is 0.148. The van der Waals surface area contributed by atoms with E-state index in [4.69, 9.17) is 14.8 Å². The van der Waals surface area contributed by atoms with Crippen molar-refractivity contribution in [1.82, 2.24) is 4.90 Å². The number of hydrogen-bond donors (Lipinski definition) is 2. The van der Waals surface area contributed by atoms with Gasteiger partial charge in [-0.05, 0) is 17.4 Å². The summed E-state index contributed by atoms with van der Waals surface area (Å²) in [7, 11) is -1.44. The Morgan fingerprint density at radius 3 is 2.42 bits per heavy atom. The Hall–Kier alpha value is -1.37. The third-order valence-electron chi connectivity index (χ3n) is 3.27. The molecule has 0 saturated carbocycles. The normalized spacial score (nSPS) is 15.4. The summed E-state index contributed by atoms with van der Waals surface area (Å²) in [4.78, 5) is 13.8. The van der Waals surface area contributed by atoms with Crippen molar-refractivity contribution in [2.24, 2.45) is 0 Å². The molecule has 102 valence electrons. The molecule has 1 saturated heterocycles. The number of carbonyl (C=O) groups excluding carboxylic acids is 1. The molecule has 0 spiro atoms. The van der Waals surface area contributed by atoms with Gasteiger partial charge in [0, 0.05) is 19.5 Å². The van der Waals surface area contributed by atoms with Gasteiger partial charge in [-0.15, -0.1) is 0 Å². The molecule has 0 unspecified atom stereocenters. The van der Waals surface area contributed by atoms with Crippen LogP contribution in [0.5, 0.6) is 0 Å². The standard InChI is InChI=1S/C13H18BNO4/c16-13(15-7-9-19-10-8-15)6-3-11-1-4-12(5-2-11)14(17)18/h1-2,4-5,17-18H,3,6-10H2. The van der Waals surface area contributed by atoms with E-state index >= 15 is 0 Å². The van der Waals surface area contributed by atoms with Crippen LogP contribution in [0.3, 0.4) is 0 Å². The Balaban J connectivity index is 1.82. The molecule has 1 amide bonds. The molecule has 0 aromatic heterocycles. The number of hydrogen-bond acceptors (Lipinski definition) is 4. The molecule has 0 bridgehead atoms. The third kappa shape index (κ3) is 4.06. The van der Waals surface area contributed by atoms with Gasteiger partial charge in [0.1, 0.15) is 0 Å². The van der Waals surface area contributed by atoms with Crippen molar-refractivity contribution in [2.75, 3.05) is 26.3 Å². The second-order valence-electron chi connectivity index (χ2n) is 4.61. The van der Waals surface area contributed by atoms with E-state index in [1.54, 1.807) is 12.1 Å². The van der Waals surface area contributed by atoms with Gasteiger partial charge in [0.05, 0.1) is 13.2 Å². The average Bonchev–Trinajstić information content (AvgIpc) is 2.46. The van der Waals surface area contributed by atoms with Gasteiger partial charge in [-0.25, -0.2) is 0 Å². The first-order chi connectivity index (χ1) is 9.16. The highest BCUT2D eigenvalue weighted by Crippen LogP contribution is 2.06. The van der Waals surface area contributed by atoms with Gasteiger partial charge in [-0.1, -0.05) is 24.3 Å². The number of amides is 1. The summed E-state index contributed by atoms with van der Waals surface area (Å²) in [5.74, 6) is 0.148. The van der Waals surface area contributed by atoms with Crippen molar-refractivity contribution < 1.29 is 19.6 Å². The van der Waals surface area contributed by atoms with Crippen LogP contribution in [0.2, 0.25) is 0 Å². The van der Waals surface area contributed by atoms with Gasteiger partial charge in [-0.2, -0.15) is 0 Å². The van der Waals surface area contributed by atoms with E-state index in [-0.39, 0.29) is 5.91 Å². The van der Waals surface area contributed by atoms with Gasteiger partial charge in [-0.3, -0.25) is 4.79 Å². The molecule has 1 aliphatic heterocycles. The van der Waals surface area contributed by atoms with Crippen LogP contribution >= 0.6 is 0 Å². The first kappa shape index (κ1) is 14.1. The number of benzene rings is 1. The Kier molecular flexibility index (Phi) is 4.96. The smallest absolute Gasteiger partial charge is 0.423 e. The zero-order valence-electron chi connectivity index (χ0n) is 10.8. The fourth-order valence-electron chi connectivity index (χ4n) is 2.08. The van der Waals surface area contributed by atoms with E-state index in [0.717, 1.165) is 5.56 Å². The predicted molar refractivity (Wildman–Crippen MR) is 72.0 cm³/mol. The van der Waals surface area contributed by atoms with E-state index in [1.165, 1.54) is 0 Å². The molecule has 1 fully saturated rings. The monoisotopic (exact) mass is 263 g/mol. The van der Waals surface area contributed by atoms with Gasteiger partial charge in [0.2, 0.25) is 5.91 Å². The number of nitrogens with zero attached hydrogens (tertiary/aromatic N) is 1. The second kappa shape index (κ2) is 6.70. The topological polar surface area (TPSA) is 70.0 Å². The molecule has 1 aromatic carbocycles. The molecule has 1 aromatic rings. The van der Waals surface area contributed by atoms with Crippen LogP contribution in [-0.2, 0) is 16.0 Å². The maximum absolute atomic E-state index is 11.9. The van der Waals surface area contributed by atoms with Crippen LogP contribution in [0.15, 0.2) is 24.3 Å². The largest absolute Gasteiger partial charge is 0.488 e. The van der Waals surface area contributed by atoms with Crippen molar-refractivity contribution in [2.45, 2.75) is 12.8 Å². The Bertz CT molecular complexity index is 415. The van der Waals surface area contributed by atoms with Gasteiger partial charge >= 0.3 is 7.12 Å². The van der Waals surface area contributed by atoms with Crippen LogP contribution in [-0.4, -0.2) is 54.3 Å². The van der Waals surface area contributed by atoms with Gasteiger partial charge in [0.15, 0.2) is 0 Å². The SMILES string of the molecule is O=C(CCc1ccc(B(O)O)cc1)N1CCOCC1. The van der Waals surface area contributed by atoms with Crippen LogP contribution in [0.4, 0.5) is 0 Å². The maximum Gasteiger partial charge on any atom is 0.488 e. The number of morpholine rings is 1. The van der Waals surface area contributed by atoms with Crippen molar-refractivity contribution in [3.8, 4) is 0 Å². The Morgan fingerprint density at radius 1 is 1.21 bits per heavy atom. The average molecular weight is 263 g/mol. The zero-order chi connectivity index (χ0) is 13.7. The lowest BCUT2D eigenvalue weighted by atomic mass is 9.80. The van der Waals surface area contributed by atoms with Crippen molar-refractivity contribution in [1.29, 1.82) is 0 Å². The molecule has 0 aliphatic carbocycles. The predicted octanol–water partition coefficient (Wildman–Crippen LogP) is -0.842. The highest BCUT2D eigenvalue weighted by atomic mass is 16.5. The summed E-state index contributed by atoms with van der Waals surface area (Å²) in [6.45, 7) is 2.59. The number of rotatable bonds is 4. The van der Waals surface area contributed by atoms with Crippen molar-refractivity contribution in [3.05, 3.63) is 29.8 Å². The minimum atomic E-state index is -1.44. The summed E-state index contributed by atoms with van der Waals surface area (Å²) >= 11 is 0. The molecule has 2 rings (SSSR count).